The number of hydrogen-bond donors (Lipinski definition) is 0. The van der Waals surface area contributed by atoms with Gasteiger partial charge in [0.05, 0.1) is 6.07 Å². The van der Waals surface area contributed by atoms with Crippen LogP contribution in [-0.2, 0) is 6.54 Å². The molecule has 0 unspecified atom stereocenters. The van der Waals surface area contributed by atoms with E-state index >= 15 is 0 Å². The van der Waals surface area contributed by atoms with E-state index in [1.807, 2.05) is 18.2 Å². The highest BCUT2D eigenvalue weighted by Gasteiger charge is 2.08. The molecule has 6 heteroatoms. The summed E-state index contributed by atoms with van der Waals surface area (Å²) in [5.41, 5.74) is 0.660. The van der Waals surface area contributed by atoms with Crippen LogP contribution in [0.3, 0.4) is 0 Å². The van der Waals surface area contributed by atoms with Gasteiger partial charge in [0.25, 0.3) is 0 Å². The highest BCUT2D eigenvalue weighted by molar-refractivity contribution is 5.47. The van der Waals surface area contributed by atoms with Crippen molar-refractivity contribution in [1.82, 2.24) is 25.2 Å². The van der Waals surface area contributed by atoms with Gasteiger partial charge in [-0.2, -0.15) is 5.26 Å². The first kappa shape index (κ1) is 8.31. The molecule has 0 radical (unpaired) electrons. The molecule has 0 aliphatic carbocycles. The standard InChI is InChI=1S/C8H6N6/c9-4-6-14-8(11-12-13-14)7-3-1-2-5-10-7/h1-3,5H,6H2. The molecule has 0 saturated heterocycles. The molecule has 0 saturated carbocycles. The molecule has 2 heterocycles. The molecule has 0 aliphatic rings. The number of pyridine rings is 1. The lowest BCUT2D eigenvalue weighted by Gasteiger charge is -1.97. The predicted molar refractivity (Wildman–Crippen MR) is 46.7 cm³/mol. The van der Waals surface area contributed by atoms with Crippen LogP contribution in [0.4, 0.5) is 0 Å². The summed E-state index contributed by atoms with van der Waals surface area (Å²) in [7, 11) is 0. The molecule has 0 aliphatic heterocycles. The van der Waals surface area contributed by atoms with Gasteiger partial charge in [-0.25, -0.2) is 4.68 Å². The Balaban J connectivity index is 2.43. The molecule has 0 amide bonds. The summed E-state index contributed by atoms with van der Waals surface area (Å²) in [6.07, 6.45) is 1.65. The maximum atomic E-state index is 8.52. The Kier molecular flexibility index (Phi) is 2.15. The smallest absolute Gasteiger partial charge is 0.201 e. The van der Waals surface area contributed by atoms with Gasteiger partial charge in [0.1, 0.15) is 12.2 Å². The Morgan fingerprint density at radius 2 is 2.36 bits per heavy atom. The molecule has 2 rings (SSSR count). The first-order chi connectivity index (χ1) is 6.92. The third-order valence-corrected chi connectivity index (χ3v) is 1.65. The van der Waals surface area contributed by atoms with Gasteiger partial charge in [0.2, 0.25) is 5.82 Å². The minimum atomic E-state index is 0.124. The summed E-state index contributed by atoms with van der Waals surface area (Å²) < 4.78 is 1.41. The lowest BCUT2D eigenvalue weighted by atomic mass is 10.3. The number of nitriles is 1. The van der Waals surface area contributed by atoms with Gasteiger partial charge in [-0.3, -0.25) is 4.98 Å². The molecular weight excluding hydrogens is 180 g/mol. The predicted octanol–water partition coefficient (Wildman–Crippen LogP) is 0.259. The Morgan fingerprint density at radius 1 is 1.43 bits per heavy atom. The number of rotatable bonds is 2. The Morgan fingerprint density at radius 3 is 3.07 bits per heavy atom. The number of hydrogen-bond acceptors (Lipinski definition) is 5. The normalized spacial score (nSPS) is 9.64. The summed E-state index contributed by atoms with van der Waals surface area (Å²) in [4.78, 5) is 4.09. The minimum absolute atomic E-state index is 0.124. The molecule has 68 valence electrons. The molecule has 2 aromatic rings. The average molecular weight is 186 g/mol. The van der Waals surface area contributed by atoms with Gasteiger partial charge in [0, 0.05) is 6.20 Å². The van der Waals surface area contributed by atoms with Gasteiger partial charge < -0.3 is 0 Å². The highest BCUT2D eigenvalue weighted by atomic mass is 15.5. The third kappa shape index (κ3) is 1.43. The van der Waals surface area contributed by atoms with Crippen molar-refractivity contribution < 1.29 is 0 Å². The van der Waals surface area contributed by atoms with Gasteiger partial charge in [-0.15, -0.1) is 5.10 Å². The largest absolute Gasteiger partial charge is 0.253 e. The Bertz CT molecular complexity index is 454. The molecule has 0 atom stereocenters. The van der Waals surface area contributed by atoms with E-state index in [-0.39, 0.29) is 6.54 Å². The van der Waals surface area contributed by atoms with E-state index in [0.717, 1.165) is 0 Å². The zero-order valence-corrected chi connectivity index (χ0v) is 7.20. The third-order valence-electron chi connectivity index (χ3n) is 1.65. The Hall–Kier alpha value is -2.29. The second-order valence-corrected chi connectivity index (χ2v) is 2.53. The van der Waals surface area contributed by atoms with Crippen LogP contribution in [0.2, 0.25) is 0 Å². The van der Waals surface area contributed by atoms with Crippen molar-refractivity contribution in [3.63, 3.8) is 0 Å². The van der Waals surface area contributed by atoms with Crippen molar-refractivity contribution in [3.8, 4) is 17.6 Å². The Labute approximate surface area is 79.8 Å². The maximum Gasteiger partial charge on any atom is 0.201 e. The molecule has 6 nitrogen and oxygen atoms in total. The van der Waals surface area contributed by atoms with Crippen LogP contribution in [-0.4, -0.2) is 25.2 Å². The van der Waals surface area contributed by atoms with Gasteiger partial charge >= 0.3 is 0 Å². The second-order valence-electron chi connectivity index (χ2n) is 2.53. The second kappa shape index (κ2) is 3.62. The zero-order valence-electron chi connectivity index (χ0n) is 7.20. The first-order valence-corrected chi connectivity index (χ1v) is 3.96. The summed E-state index contributed by atoms with van der Waals surface area (Å²) in [5, 5.41) is 19.5. The number of nitrogens with zero attached hydrogens (tertiary/aromatic N) is 6. The van der Waals surface area contributed by atoms with Crippen molar-refractivity contribution >= 4 is 0 Å². The average Bonchev–Trinajstić information content (AvgIpc) is 2.68. The topological polar surface area (TPSA) is 80.3 Å². The molecule has 0 spiro atoms. The summed E-state index contributed by atoms with van der Waals surface area (Å²) >= 11 is 0. The quantitative estimate of drug-likeness (QED) is 0.671. The molecule has 0 fully saturated rings. The van der Waals surface area contributed by atoms with E-state index in [0.29, 0.717) is 11.5 Å². The van der Waals surface area contributed by atoms with Gasteiger partial charge in [-0.1, -0.05) is 6.07 Å². The lowest BCUT2D eigenvalue weighted by molar-refractivity contribution is 0.670. The van der Waals surface area contributed by atoms with Gasteiger partial charge in [0.15, 0.2) is 0 Å². The van der Waals surface area contributed by atoms with E-state index < -0.39 is 0 Å². The van der Waals surface area contributed by atoms with Crippen LogP contribution < -0.4 is 0 Å². The molecule has 0 N–H and O–H groups in total. The van der Waals surface area contributed by atoms with Gasteiger partial charge in [-0.05, 0) is 22.6 Å². The summed E-state index contributed by atoms with van der Waals surface area (Å²) in [6, 6.07) is 7.41. The minimum Gasteiger partial charge on any atom is -0.253 e. The van der Waals surface area contributed by atoms with Crippen LogP contribution >= 0.6 is 0 Å². The lowest BCUT2D eigenvalue weighted by Crippen LogP contribution is -2.01. The zero-order chi connectivity index (χ0) is 9.80. The highest BCUT2D eigenvalue weighted by Crippen LogP contribution is 2.10. The van der Waals surface area contributed by atoms with Crippen LogP contribution in [0.1, 0.15) is 0 Å². The van der Waals surface area contributed by atoms with Crippen LogP contribution in [0.25, 0.3) is 11.5 Å². The number of tetrazole rings is 1. The van der Waals surface area contributed by atoms with Crippen molar-refractivity contribution in [2.45, 2.75) is 6.54 Å². The van der Waals surface area contributed by atoms with Crippen LogP contribution in [0, 0.1) is 11.3 Å². The SMILES string of the molecule is N#CCn1nnnc1-c1ccccn1. The summed E-state index contributed by atoms with van der Waals surface area (Å²) in [6.45, 7) is 0.124. The van der Waals surface area contributed by atoms with Crippen molar-refractivity contribution in [3.05, 3.63) is 24.4 Å². The van der Waals surface area contributed by atoms with E-state index in [4.69, 9.17) is 5.26 Å². The molecule has 2 aromatic heterocycles. The van der Waals surface area contributed by atoms with Crippen molar-refractivity contribution in [2.24, 2.45) is 0 Å². The fraction of sp³-hybridized carbons (Fsp3) is 0.125. The van der Waals surface area contributed by atoms with Crippen LogP contribution in [0.5, 0.6) is 0 Å². The van der Waals surface area contributed by atoms with E-state index in [2.05, 4.69) is 20.5 Å². The van der Waals surface area contributed by atoms with E-state index in [1.165, 1.54) is 4.68 Å². The summed E-state index contributed by atoms with van der Waals surface area (Å²) in [5.74, 6) is 0.507. The van der Waals surface area contributed by atoms with Crippen molar-refractivity contribution in [2.75, 3.05) is 0 Å². The maximum absolute atomic E-state index is 8.52. The molecule has 0 aromatic carbocycles. The fourth-order valence-corrected chi connectivity index (χ4v) is 1.06. The number of aromatic nitrogens is 5. The monoisotopic (exact) mass is 186 g/mol. The van der Waals surface area contributed by atoms with E-state index in [9.17, 15) is 0 Å². The first-order valence-electron chi connectivity index (χ1n) is 3.96. The van der Waals surface area contributed by atoms with Crippen molar-refractivity contribution in [1.29, 1.82) is 5.26 Å². The molecule has 14 heavy (non-hydrogen) atoms. The molecule has 0 bridgehead atoms. The van der Waals surface area contributed by atoms with E-state index in [1.54, 1.807) is 12.3 Å². The fourth-order valence-electron chi connectivity index (χ4n) is 1.06. The van der Waals surface area contributed by atoms with Crippen LogP contribution in [0.15, 0.2) is 24.4 Å². The molecular formula is C8H6N6.